The summed E-state index contributed by atoms with van der Waals surface area (Å²) in [5, 5.41) is 0. The third kappa shape index (κ3) is 3.72. The number of methoxy groups -OCH3 is 1. The highest BCUT2D eigenvalue weighted by atomic mass is 16.5. The van der Waals surface area contributed by atoms with Gasteiger partial charge in [-0.15, -0.1) is 0 Å². The van der Waals surface area contributed by atoms with E-state index in [0.29, 0.717) is 18.5 Å². The number of rotatable bonds is 4. The van der Waals surface area contributed by atoms with Gasteiger partial charge in [-0.25, -0.2) is 0 Å². The molecule has 0 fully saturated rings. The van der Waals surface area contributed by atoms with E-state index in [2.05, 4.69) is 25.5 Å². The molecule has 0 aliphatic carbocycles. The van der Waals surface area contributed by atoms with Gasteiger partial charge in [0.2, 0.25) is 0 Å². The van der Waals surface area contributed by atoms with E-state index in [9.17, 15) is 4.79 Å². The second kappa shape index (κ2) is 5.14. The molecule has 0 aromatic rings. The van der Waals surface area contributed by atoms with Crippen LogP contribution in [-0.2, 0) is 9.53 Å². The Morgan fingerprint density at radius 3 is 2.25 bits per heavy atom. The van der Waals surface area contributed by atoms with Crippen molar-refractivity contribution in [2.24, 2.45) is 5.92 Å². The molecule has 0 bridgehead atoms. The zero-order valence-corrected chi connectivity index (χ0v) is 8.63. The molecule has 1 atom stereocenters. The highest BCUT2D eigenvalue weighted by Gasteiger charge is 2.15. The Kier molecular flexibility index (Phi) is 4.90. The number of hydrogen-bond acceptors (Lipinski definition) is 3. The van der Waals surface area contributed by atoms with Crippen LogP contribution in [0.25, 0.3) is 0 Å². The van der Waals surface area contributed by atoms with Crippen molar-refractivity contribution < 1.29 is 9.53 Å². The Labute approximate surface area is 74.7 Å². The van der Waals surface area contributed by atoms with Crippen molar-refractivity contribution in [3.05, 3.63) is 0 Å². The SMILES string of the molecule is COC(=O)CN(C)C(C)C(C)C. The molecule has 0 N–H and O–H groups in total. The molecule has 0 aliphatic heterocycles. The number of esters is 1. The summed E-state index contributed by atoms with van der Waals surface area (Å²) in [4.78, 5) is 12.9. The number of nitrogens with zero attached hydrogens (tertiary/aromatic N) is 1. The fourth-order valence-electron chi connectivity index (χ4n) is 0.921. The van der Waals surface area contributed by atoms with Crippen LogP contribution in [0.5, 0.6) is 0 Å². The molecule has 72 valence electrons. The van der Waals surface area contributed by atoms with Crippen molar-refractivity contribution in [1.82, 2.24) is 4.90 Å². The molecule has 0 saturated heterocycles. The molecule has 12 heavy (non-hydrogen) atoms. The lowest BCUT2D eigenvalue weighted by molar-refractivity contribution is -0.142. The van der Waals surface area contributed by atoms with Crippen LogP contribution in [0.1, 0.15) is 20.8 Å². The van der Waals surface area contributed by atoms with Crippen LogP contribution in [-0.4, -0.2) is 37.6 Å². The summed E-state index contributed by atoms with van der Waals surface area (Å²) < 4.78 is 4.57. The standard InChI is InChI=1S/C9H19NO2/c1-7(2)8(3)10(4)6-9(11)12-5/h7-8H,6H2,1-5H3. The lowest BCUT2D eigenvalue weighted by atomic mass is 10.1. The van der Waals surface area contributed by atoms with Crippen LogP contribution in [0, 0.1) is 5.92 Å². The second-order valence-corrected chi connectivity index (χ2v) is 3.48. The van der Waals surface area contributed by atoms with Gasteiger partial charge >= 0.3 is 5.97 Å². The van der Waals surface area contributed by atoms with E-state index >= 15 is 0 Å². The van der Waals surface area contributed by atoms with E-state index in [1.807, 2.05) is 11.9 Å². The minimum absolute atomic E-state index is 0.176. The Morgan fingerprint density at radius 1 is 1.42 bits per heavy atom. The molecule has 0 saturated carbocycles. The van der Waals surface area contributed by atoms with Crippen molar-refractivity contribution in [3.63, 3.8) is 0 Å². The predicted molar refractivity (Wildman–Crippen MR) is 48.9 cm³/mol. The van der Waals surface area contributed by atoms with Gasteiger partial charge in [0, 0.05) is 6.04 Å². The van der Waals surface area contributed by atoms with Gasteiger partial charge in [0.05, 0.1) is 13.7 Å². The van der Waals surface area contributed by atoms with Crippen molar-refractivity contribution >= 4 is 5.97 Å². The van der Waals surface area contributed by atoms with Gasteiger partial charge in [-0.1, -0.05) is 13.8 Å². The summed E-state index contributed by atoms with van der Waals surface area (Å²) in [5.74, 6) is 0.379. The average Bonchev–Trinajstić information content (AvgIpc) is 2.02. The summed E-state index contributed by atoms with van der Waals surface area (Å²) in [6.07, 6.45) is 0. The molecule has 0 radical (unpaired) electrons. The highest BCUT2D eigenvalue weighted by Crippen LogP contribution is 2.07. The number of hydrogen-bond donors (Lipinski definition) is 0. The quantitative estimate of drug-likeness (QED) is 0.597. The van der Waals surface area contributed by atoms with Gasteiger partial charge in [-0.3, -0.25) is 9.69 Å². The summed E-state index contributed by atoms with van der Waals surface area (Å²) in [6, 6.07) is 0.407. The maximum atomic E-state index is 10.9. The largest absolute Gasteiger partial charge is 0.468 e. The fourth-order valence-corrected chi connectivity index (χ4v) is 0.921. The molecule has 0 heterocycles. The molecule has 0 rings (SSSR count). The monoisotopic (exact) mass is 173 g/mol. The first-order valence-corrected chi connectivity index (χ1v) is 4.26. The molecule has 3 heteroatoms. The van der Waals surface area contributed by atoms with Crippen LogP contribution in [0.3, 0.4) is 0 Å². The summed E-state index contributed by atoms with van der Waals surface area (Å²) >= 11 is 0. The van der Waals surface area contributed by atoms with Crippen molar-refractivity contribution in [3.8, 4) is 0 Å². The van der Waals surface area contributed by atoms with Gasteiger partial charge in [-0.2, -0.15) is 0 Å². The van der Waals surface area contributed by atoms with E-state index < -0.39 is 0 Å². The Morgan fingerprint density at radius 2 is 1.92 bits per heavy atom. The molecular formula is C9H19NO2. The normalized spacial score (nSPS) is 13.6. The zero-order valence-electron chi connectivity index (χ0n) is 8.63. The van der Waals surface area contributed by atoms with Crippen LogP contribution in [0.4, 0.5) is 0 Å². The van der Waals surface area contributed by atoms with Gasteiger partial charge < -0.3 is 4.74 Å². The van der Waals surface area contributed by atoms with Gasteiger partial charge in [0.15, 0.2) is 0 Å². The molecule has 1 unspecified atom stereocenters. The van der Waals surface area contributed by atoms with Crippen molar-refractivity contribution in [1.29, 1.82) is 0 Å². The summed E-state index contributed by atoms with van der Waals surface area (Å²) in [6.45, 7) is 6.75. The van der Waals surface area contributed by atoms with Gasteiger partial charge in [0.1, 0.15) is 0 Å². The predicted octanol–water partition coefficient (Wildman–Crippen LogP) is 1.14. The van der Waals surface area contributed by atoms with Crippen molar-refractivity contribution in [2.75, 3.05) is 20.7 Å². The maximum Gasteiger partial charge on any atom is 0.319 e. The first kappa shape index (κ1) is 11.4. The zero-order chi connectivity index (χ0) is 9.72. The van der Waals surface area contributed by atoms with Gasteiger partial charge in [-0.05, 0) is 19.9 Å². The summed E-state index contributed by atoms with van der Waals surface area (Å²) in [5.41, 5.74) is 0. The van der Waals surface area contributed by atoms with E-state index in [4.69, 9.17) is 0 Å². The Hall–Kier alpha value is -0.570. The minimum atomic E-state index is -0.176. The maximum absolute atomic E-state index is 10.9. The van der Waals surface area contributed by atoms with Crippen molar-refractivity contribution in [2.45, 2.75) is 26.8 Å². The number of likely N-dealkylation sites (N-methyl/N-ethyl adjacent to an activating group) is 1. The number of ether oxygens (including phenoxy) is 1. The van der Waals surface area contributed by atoms with E-state index in [0.717, 1.165) is 0 Å². The minimum Gasteiger partial charge on any atom is -0.468 e. The first-order chi connectivity index (χ1) is 5.49. The van der Waals surface area contributed by atoms with Gasteiger partial charge in [0.25, 0.3) is 0 Å². The van der Waals surface area contributed by atoms with E-state index in [-0.39, 0.29) is 5.97 Å². The fraction of sp³-hybridized carbons (Fsp3) is 0.889. The third-order valence-electron chi connectivity index (χ3n) is 2.27. The molecule has 3 nitrogen and oxygen atoms in total. The average molecular weight is 173 g/mol. The molecule has 0 spiro atoms. The van der Waals surface area contributed by atoms with Crippen LogP contribution >= 0.6 is 0 Å². The molecular weight excluding hydrogens is 154 g/mol. The summed E-state index contributed by atoms with van der Waals surface area (Å²) in [7, 11) is 3.35. The first-order valence-electron chi connectivity index (χ1n) is 4.26. The molecule has 0 aromatic carbocycles. The highest BCUT2D eigenvalue weighted by molar-refractivity contribution is 5.71. The topological polar surface area (TPSA) is 29.5 Å². The van der Waals surface area contributed by atoms with Crippen LogP contribution < -0.4 is 0 Å². The van der Waals surface area contributed by atoms with E-state index in [1.165, 1.54) is 7.11 Å². The lowest BCUT2D eigenvalue weighted by Crippen LogP contribution is -2.37. The molecule has 0 amide bonds. The second-order valence-electron chi connectivity index (χ2n) is 3.48. The Bertz CT molecular complexity index is 145. The number of carbonyl (C=O) groups excluding carboxylic acids is 1. The Balaban J connectivity index is 3.86. The van der Waals surface area contributed by atoms with E-state index in [1.54, 1.807) is 0 Å². The number of carbonyl (C=O) groups is 1. The third-order valence-corrected chi connectivity index (χ3v) is 2.27. The smallest absolute Gasteiger partial charge is 0.319 e. The lowest BCUT2D eigenvalue weighted by Gasteiger charge is -2.26. The molecule has 0 aliphatic rings. The van der Waals surface area contributed by atoms with Crippen LogP contribution in [0.2, 0.25) is 0 Å². The van der Waals surface area contributed by atoms with Crippen LogP contribution in [0.15, 0.2) is 0 Å². The molecule has 0 aromatic heterocycles.